The summed E-state index contributed by atoms with van der Waals surface area (Å²) in [6.07, 6.45) is 0.774. The van der Waals surface area contributed by atoms with Crippen LogP contribution in [0.4, 0.5) is 0 Å². The number of carbonyl (C=O) groups excluding carboxylic acids is 1. The molecule has 118 valence electrons. The second-order valence-electron chi connectivity index (χ2n) is 4.82. The van der Waals surface area contributed by atoms with Gasteiger partial charge in [-0.1, -0.05) is 6.92 Å². The van der Waals surface area contributed by atoms with Crippen molar-refractivity contribution in [3.05, 3.63) is 51.8 Å². The van der Waals surface area contributed by atoms with Gasteiger partial charge < -0.3 is 14.5 Å². The largest absolute Gasteiger partial charge is 0.464 e. The number of furan rings is 1. The molecule has 0 aromatic carbocycles. The lowest BCUT2D eigenvalue weighted by Gasteiger charge is -2.15. The molecule has 2 rings (SSSR count). The molecular weight excluding hydrogens is 286 g/mol. The molecule has 0 aliphatic heterocycles. The summed E-state index contributed by atoms with van der Waals surface area (Å²) in [5.74, 6) is 1.06. The van der Waals surface area contributed by atoms with Gasteiger partial charge in [0, 0.05) is 26.6 Å². The molecule has 0 spiro atoms. The van der Waals surface area contributed by atoms with E-state index in [0.717, 1.165) is 16.9 Å². The minimum atomic E-state index is -0.420. The lowest BCUT2D eigenvalue weighted by molar-refractivity contribution is 0.0875. The highest BCUT2D eigenvalue weighted by molar-refractivity contribution is 5.92. The highest BCUT2D eigenvalue weighted by Gasteiger charge is 2.20. The molecule has 0 radical (unpaired) electrons. The van der Waals surface area contributed by atoms with E-state index in [9.17, 15) is 9.59 Å². The Morgan fingerprint density at radius 1 is 1.41 bits per heavy atom. The van der Waals surface area contributed by atoms with Crippen LogP contribution < -0.4 is 10.9 Å². The lowest BCUT2D eigenvalue weighted by Crippen LogP contribution is -2.33. The molecule has 0 saturated heterocycles. The van der Waals surface area contributed by atoms with Gasteiger partial charge in [-0.25, -0.2) is 4.68 Å². The number of methoxy groups -OCH3 is 1. The van der Waals surface area contributed by atoms with Crippen molar-refractivity contribution in [2.75, 3.05) is 13.7 Å². The van der Waals surface area contributed by atoms with Crippen molar-refractivity contribution in [2.45, 2.75) is 19.4 Å². The van der Waals surface area contributed by atoms with E-state index in [-0.39, 0.29) is 17.9 Å². The van der Waals surface area contributed by atoms with Crippen LogP contribution >= 0.6 is 0 Å². The standard InChI is InChI=1S/C15H19N3O4/c1-4-10-5-7-13(22-10)12(9-21-3)16-15(20)11-6-8-14(19)18(2)17-11/h5-8,12H,4,9H2,1-3H3,(H,16,20)/t12-/m0/s1. The maximum Gasteiger partial charge on any atom is 0.272 e. The Balaban J connectivity index is 2.17. The van der Waals surface area contributed by atoms with Crippen LogP contribution in [-0.4, -0.2) is 29.4 Å². The zero-order valence-electron chi connectivity index (χ0n) is 12.8. The fraction of sp³-hybridized carbons (Fsp3) is 0.400. The molecular formula is C15H19N3O4. The monoisotopic (exact) mass is 305 g/mol. The molecule has 7 nitrogen and oxygen atoms in total. The van der Waals surface area contributed by atoms with E-state index < -0.39 is 11.9 Å². The quantitative estimate of drug-likeness (QED) is 0.862. The Morgan fingerprint density at radius 3 is 2.77 bits per heavy atom. The van der Waals surface area contributed by atoms with Gasteiger partial charge in [0.05, 0.1) is 6.61 Å². The Labute approximate surface area is 127 Å². The summed E-state index contributed by atoms with van der Waals surface area (Å²) >= 11 is 0. The van der Waals surface area contributed by atoms with Crippen LogP contribution in [0.3, 0.4) is 0 Å². The zero-order chi connectivity index (χ0) is 16.1. The fourth-order valence-corrected chi connectivity index (χ4v) is 1.99. The smallest absolute Gasteiger partial charge is 0.272 e. The first kappa shape index (κ1) is 16.0. The van der Waals surface area contributed by atoms with Gasteiger partial charge in [-0.3, -0.25) is 9.59 Å². The van der Waals surface area contributed by atoms with Crippen molar-refractivity contribution in [1.29, 1.82) is 0 Å². The van der Waals surface area contributed by atoms with Crippen LogP contribution in [0.25, 0.3) is 0 Å². The van der Waals surface area contributed by atoms with E-state index in [1.807, 2.05) is 19.1 Å². The molecule has 2 heterocycles. The van der Waals surface area contributed by atoms with Gasteiger partial charge in [0.1, 0.15) is 23.3 Å². The Kier molecular flexibility index (Phi) is 5.11. The van der Waals surface area contributed by atoms with Crippen molar-refractivity contribution in [3.8, 4) is 0 Å². The SMILES string of the molecule is CCc1ccc([C@H](COC)NC(=O)c2ccc(=O)n(C)n2)o1. The molecule has 0 unspecified atom stereocenters. The average molecular weight is 305 g/mol. The van der Waals surface area contributed by atoms with Gasteiger partial charge in [0.25, 0.3) is 11.5 Å². The first-order valence-electron chi connectivity index (χ1n) is 6.98. The normalized spacial score (nSPS) is 12.1. The van der Waals surface area contributed by atoms with Crippen LogP contribution in [0.15, 0.2) is 33.5 Å². The third-order valence-electron chi connectivity index (χ3n) is 3.21. The summed E-state index contributed by atoms with van der Waals surface area (Å²) in [5, 5.41) is 6.72. The summed E-state index contributed by atoms with van der Waals surface area (Å²) in [7, 11) is 3.04. The number of aryl methyl sites for hydroxylation is 2. The molecule has 2 aromatic heterocycles. The van der Waals surface area contributed by atoms with E-state index in [4.69, 9.17) is 9.15 Å². The van der Waals surface area contributed by atoms with Gasteiger partial charge in [0.15, 0.2) is 0 Å². The highest BCUT2D eigenvalue weighted by atomic mass is 16.5. The number of ether oxygens (including phenoxy) is 1. The molecule has 22 heavy (non-hydrogen) atoms. The number of nitrogens with zero attached hydrogens (tertiary/aromatic N) is 2. The van der Waals surface area contributed by atoms with Crippen LogP contribution in [0.1, 0.15) is 35.0 Å². The number of carbonyl (C=O) groups is 1. The van der Waals surface area contributed by atoms with Crippen molar-refractivity contribution in [1.82, 2.24) is 15.1 Å². The third-order valence-corrected chi connectivity index (χ3v) is 3.21. The van der Waals surface area contributed by atoms with E-state index in [1.165, 1.54) is 19.2 Å². The first-order valence-corrected chi connectivity index (χ1v) is 6.98. The molecule has 1 amide bonds. The van der Waals surface area contributed by atoms with Crippen LogP contribution in [0, 0.1) is 0 Å². The number of hydrogen-bond donors (Lipinski definition) is 1. The fourth-order valence-electron chi connectivity index (χ4n) is 1.99. The average Bonchev–Trinajstić information content (AvgIpc) is 2.98. The number of aromatic nitrogens is 2. The van der Waals surface area contributed by atoms with Crippen LogP contribution in [0.2, 0.25) is 0 Å². The first-order chi connectivity index (χ1) is 10.5. The lowest BCUT2D eigenvalue weighted by atomic mass is 10.2. The van der Waals surface area contributed by atoms with E-state index in [0.29, 0.717) is 5.76 Å². The topological polar surface area (TPSA) is 86.4 Å². The number of nitrogens with one attached hydrogen (secondary N) is 1. The molecule has 7 heteroatoms. The second-order valence-corrected chi connectivity index (χ2v) is 4.82. The third kappa shape index (κ3) is 3.62. The Hall–Kier alpha value is -2.41. The number of hydrogen-bond acceptors (Lipinski definition) is 5. The number of amides is 1. The van der Waals surface area contributed by atoms with Gasteiger partial charge in [-0.15, -0.1) is 0 Å². The zero-order valence-corrected chi connectivity index (χ0v) is 12.8. The Morgan fingerprint density at radius 2 is 2.18 bits per heavy atom. The van der Waals surface area contributed by atoms with Crippen molar-refractivity contribution >= 4 is 5.91 Å². The molecule has 0 saturated carbocycles. The maximum atomic E-state index is 12.3. The van der Waals surface area contributed by atoms with Crippen LogP contribution in [-0.2, 0) is 18.2 Å². The van der Waals surface area contributed by atoms with Gasteiger partial charge in [-0.05, 0) is 18.2 Å². The summed E-state index contributed by atoms with van der Waals surface area (Å²) in [4.78, 5) is 23.6. The summed E-state index contributed by atoms with van der Waals surface area (Å²) in [6.45, 7) is 2.26. The molecule has 0 aliphatic rings. The minimum absolute atomic E-state index is 0.158. The van der Waals surface area contributed by atoms with Crippen LogP contribution in [0.5, 0.6) is 0 Å². The van der Waals surface area contributed by atoms with Crippen molar-refractivity contribution < 1.29 is 13.9 Å². The summed E-state index contributed by atoms with van der Waals surface area (Å²) in [6, 6.07) is 5.96. The summed E-state index contributed by atoms with van der Waals surface area (Å²) in [5.41, 5.74) is -0.117. The molecule has 0 fully saturated rings. The van der Waals surface area contributed by atoms with Gasteiger partial charge >= 0.3 is 0 Å². The molecule has 2 aromatic rings. The van der Waals surface area contributed by atoms with E-state index >= 15 is 0 Å². The number of rotatable bonds is 6. The predicted molar refractivity (Wildman–Crippen MR) is 79.6 cm³/mol. The van der Waals surface area contributed by atoms with E-state index in [1.54, 1.807) is 7.11 Å². The summed E-state index contributed by atoms with van der Waals surface area (Å²) < 4.78 is 11.9. The van der Waals surface area contributed by atoms with Gasteiger partial charge in [0.2, 0.25) is 0 Å². The molecule has 1 N–H and O–H groups in total. The highest BCUT2D eigenvalue weighted by Crippen LogP contribution is 2.18. The molecule has 0 aliphatic carbocycles. The predicted octanol–water partition coefficient (Wildman–Crippen LogP) is 1.05. The molecule has 0 bridgehead atoms. The minimum Gasteiger partial charge on any atom is -0.464 e. The molecule has 1 atom stereocenters. The van der Waals surface area contributed by atoms with E-state index in [2.05, 4.69) is 10.4 Å². The van der Waals surface area contributed by atoms with Gasteiger partial charge in [-0.2, -0.15) is 5.10 Å². The van der Waals surface area contributed by atoms with Crippen molar-refractivity contribution in [2.24, 2.45) is 7.05 Å². The second kappa shape index (κ2) is 7.04. The maximum absolute atomic E-state index is 12.3. The Bertz CT molecular complexity index is 705. The van der Waals surface area contributed by atoms with Crippen molar-refractivity contribution in [3.63, 3.8) is 0 Å².